The number of thioether (sulfide) groups is 1. The third kappa shape index (κ3) is 5.46. The van der Waals surface area contributed by atoms with Crippen LogP contribution in [0.1, 0.15) is 34.9 Å². The highest BCUT2D eigenvalue weighted by atomic mass is 32.2. The lowest BCUT2D eigenvalue weighted by molar-refractivity contribution is 0.0921. The van der Waals surface area contributed by atoms with Gasteiger partial charge in [-0.3, -0.25) is 9.78 Å². The van der Waals surface area contributed by atoms with Gasteiger partial charge in [0.25, 0.3) is 5.91 Å². The molecule has 0 spiro atoms. The summed E-state index contributed by atoms with van der Waals surface area (Å²) in [6.45, 7) is 2.39. The Morgan fingerprint density at radius 2 is 1.82 bits per heavy atom. The third-order valence-electron chi connectivity index (χ3n) is 5.58. The van der Waals surface area contributed by atoms with E-state index in [1.54, 1.807) is 12.3 Å². The van der Waals surface area contributed by atoms with Crippen molar-refractivity contribution < 1.29 is 9.21 Å². The van der Waals surface area contributed by atoms with Gasteiger partial charge in [-0.2, -0.15) is 0 Å². The summed E-state index contributed by atoms with van der Waals surface area (Å²) in [5.41, 5.74) is 2.77. The SMILES string of the molecule is O=C(NCc1ccccn1)c1ccc(CSc2nc(-c3ccccc3)cc(N3CCCC3)n2)o1. The molecule has 4 aromatic rings. The van der Waals surface area contributed by atoms with E-state index in [1.807, 2.05) is 42.5 Å². The molecule has 1 amide bonds. The molecule has 1 aromatic carbocycles. The highest BCUT2D eigenvalue weighted by Gasteiger charge is 2.17. The van der Waals surface area contributed by atoms with Gasteiger partial charge in [0.1, 0.15) is 11.6 Å². The van der Waals surface area contributed by atoms with Crippen LogP contribution in [0.2, 0.25) is 0 Å². The number of carbonyl (C=O) groups excluding carboxylic acids is 1. The number of amides is 1. The first-order chi connectivity index (χ1) is 16.7. The highest BCUT2D eigenvalue weighted by Crippen LogP contribution is 2.29. The van der Waals surface area contributed by atoms with Gasteiger partial charge in [0.2, 0.25) is 0 Å². The lowest BCUT2D eigenvalue weighted by Gasteiger charge is -2.18. The second kappa shape index (κ2) is 10.5. The van der Waals surface area contributed by atoms with Crippen LogP contribution in [0, 0.1) is 0 Å². The summed E-state index contributed by atoms with van der Waals surface area (Å²) < 4.78 is 5.78. The fourth-order valence-corrected chi connectivity index (χ4v) is 4.56. The van der Waals surface area contributed by atoms with Gasteiger partial charge in [-0.25, -0.2) is 9.97 Å². The van der Waals surface area contributed by atoms with E-state index < -0.39 is 0 Å². The molecule has 5 rings (SSSR count). The van der Waals surface area contributed by atoms with Crippen molar-refractivity contribution in [1.82, 2.24) is 20.3 Å². The molecule has 0 aliphatic carbocycles. The van der Waals surface area contributed by atoms with Crippen LogP contribution in [0.4, 0.5) is 5.82 Å². The number of rotatable bonds is 8. The number of nitrogens with one attached hydrogen (secondary N) is 1. The highest BCUT2D eigenvalue weighted by molar-refractivity contribution is 7.98. The number of nitrogens with zero attached hydrogens (tertiary/aromatic N) is 4. The topological polar surface area (TPSA) is 84.2 Å². The van der Waals surface area contributed by atoms with E-state index >= 15 is 0 Å². The predicted molar refractivity (Wildman–Crippen MR) is 133 cm³/mol. The fraction of sp³-hybridized carbons (Fsp3) is 0.231. The normalized spacial score (nSPS) is 13.2. The van der Waals surface area contributed by atoms with Crippen LogP contribution in [-0.2, 0) is 12.3 Å². The minimum atomic E-state index is -0.263. The molecule has 0 saturated carbocycles. The van der Waals surface area contributed by atoms with E-state index in [9.17, 15) is 4.79 Å². The fourth-order valence-electron chi connectivity index (χ4n) is 3.82. The molecule has 34 heavy (non-hydrogen) atoms. The van der Waals surface area contributed by atoms with Gasteiger partial charge in [0.15, 0.2) is 10.9 Å². The van der Waals surface area contributed by atoms with Crippen LogP contribution in [0.3, 0.4) is 0 Å². The summed E-state index contributed by atoms with van der Waals surface area (Å²) in [5, 5.41) is 3.53. The molecule has 172 valence electrons. The largest absolute Gasteiger partial charge is 0.455 e. The Hall–Kier alpha value is -3.65. The molecule has 0 radical (unpaired) electrons. The molecular weight excluding hydrogens is 446 g/mol. The Morgan fingerprint density at radius 3 is 2.62 bits per heavy atom. The Labute approximate surface area is 202 Å². The van der Waals surface area contributed by atoms with Crippen LogP contribution in [0.25, 0.3) is 11.3 Å². The minimum Gasteiger partial charge on any atom is -0.455 e. The Balaban J connectivity index is 1.27. The Bertz CT molecular complexity index is 1240. The minimum absolute atomic E-state index is 0.263. The van der Waals surface area contributed by atoms with Crippen molar-refractivity contribution in [3.05, 3.63) is 90.1 Å². The molecule has 1 aliphatic heterocycles. The van der Waals surface area contributed by atoms with Crippen LogP contribution in [-0.4, -0.2) is 33.9 Å². The van der Waals surface area contributed by atoms with Crippen LogP contribution in [0.15, 0.2) is 82.5 Å². The molecule has 0 unspecified atom stereocenters. The summed E-state index contributed by atoms with van der Waals surface area (Å²) in [4.78, 5) is 28.6. The maximum atomic E-state index is 12.4. The van der Waals surface area contributed by atoms with Crippen LogP contribution >= 0.6 is 11.8 Å². The summed E-state index contributed by atoms with van der Waals surface area (Å²) in [7, 11) is 0. The van der Waals surface area contributed by atoms with Gasteiger partial charge in [0.05, 0.1) is 23.7 Å². The predicted octanol–water partition coefficient (Wildman–Crippen LogP) is 4.95. The number of hydrogen-bond acceptors (Lipinski definition) is 7. The molecule has 4 heterocycles. The van der Waals surface area contributed by atoms with Crippen LogP contribution in [0.5, 0.6) is 0 Å². The first-order valence-electron chi connectivity index (χ1n) is 11.3. The van der Waals surface area contributed by atoms with E-state index in [0.717, 1.165) is 35.9 Å². The van der Waals surface area contributed by atoms with E-state index in [-0.39, 0.29) is 11.7 Å². The summed E-state index contributed by atoms with van der Waals surface area (Å²) in [6, 6.07) is 21.3. The molecule has 1 saturated heterocycles. The Morgan fingerprint density at radius 1 is 1.00 bits per heavy atom. The number of aromatic nitrogens is 3. The zero-order chi connectivity index (χ0) is 23.2. The van der Waals surface area contributed by atoms with E-state index in [4.69, 9.17) is 14.4 Å². The van der Waals surface area contributed by atoms with Crippen molar-refractivity contribution in [2.24, 2.45) is 0 Å². The quantitative estimate of drug-likeness (QED) is 0.287. The maximum Gasteiger partial charge on any atom is 0.287 e. The average molecular weight is 472 g/mol. The molecule has 3 aromatic heterocycles. The lowest BCUT2D eigenvalue weighted by atomic mass is 10.1. The summed E-state index contributed by atoms with van der Waals surface area (Å²) >= 11 is 1.51. The van der Waals surface area contributed by atoms with Crippen molar-refractivity contribution in [2.45, 2.75) is 30.3 Å². The number of anilines is 1. The van der Waals surface area contributed by atoms with Crippen molar-refractivity contribution >= 4 is 23.5 Å². The molecule has 1 aliphatic rings. The number of carbonyl (C=O) groups is 1. The van der Waals surface area contributed by atoms with Crippen molar-refractivity contribution in [3.8, 4) is 11.3 Å². The first kappa shape index (κ1) is 22.2. The monoisotopic (exact) mass is 471 g/mol. The molecular formula is C26H25N5O2S. The lowest BCUT2D eigenvalue weighted by Crippen LogP contribution is -2.22. The molecule has 1 N–H and O–H groups in total. The van der Waals surface area contributed by atoms with Gasteiger partial charge in [-0.15, -0.1) is 0 Å². The maximum absolute atomic E-state index is 12.4. The Kier molecular flexibility index (Phi) is 6.86. The van der Waals surface area contributed by atoms with Crippen LogP contribution < -0.4 is 10.2 Å². The van der Waals surface area contributed by atoms with E-state index in [2.05, 4.69) is 33.4 Å². The van der Waals surface area contributed by atoms with Crippen molar-refractivity contribution in [2.75, 3.05) is 18.0 Å². The van der Waals surface area contributed by atoms with Gasteiger partial charge in [-0.1, -0.05) is 48.2 Å². The van der Waals surface area contributed by atoms with Crippen molar-refractivity contribution in [3.63, 3.8) is 0 Å². The standard InChI is InChI=1S/C26H25N5O2S/c32-25(28-17-20-10-4-5-13-27-20)23-12-11-21(33-23)18-34-26-29-22(19-8-2-1-3-9-19)16-24(30-26)31-14-6-7-15-31/h1-5,8-13,16H,6-7,14-15,17-18H2,(H,28,32). The van der Waals surface area contributed by atoms with Gasteiger partial charge >= 0.3 is 0 Å². The summed E-state index contributed by atoms with van der Waals surface area (Å²) in [6.07, 6.45) is 4.07. The zero-order valence-electron chi connectivity index (χ0n) is 18.7. The third-order valence-corrected chi connectivity index (χ3v) is 6.45. The zero-order valence-corrected chi connectivity index (χ0v) is 19.5. The number of benzene rings is 1. The molecule has 0 atom stereocenters. The second-order valence-corrected chi connectivity index (χ2v) is 8.96. The molecule has 7 nitrogen and oxygen atoms in total. The molecule has 1 fully saturated rings. The smallest absolute Gasteiger partial charge is 0.287 e. The van der Waals surface area contributed by atoms with Gasteiger partial charge in [0, 0.05) is 30.9 Å². The van der Waals surface area contributed by atoms with Gasteiger partial charge < -0.3 is 14.6 Å². The van der Waals surface area contributed by atoms with E-state index in [1.165, 1.54) is 24.6 Å². The first-order valence-corrected chi connectivity index (χ1v) is 12.3. The summed E-state index contributed by atoms with van der Waals surface area (Å²) in [5.74, 6) is 2.21. The number of pyridine rings is 1. The van der Waals surface area contributed by atoms with Crippen molar-refractivity contribution in [1.29, 1.82) is 0 Å². The second-order valence-electron chi connectivity index (χ2n) is 8.01. The van der Waals surface area contributed by atoms with E-state index in [0.29, 0.717) is 23.2 Å². The number of hydrogen-bond donors (Lipinski definition) is 1. The number of furan rings is 1. The molecule has 8 heteroatoms. The molecule has 0 bridgehead atoms. The van der Waals surface area contributed by atoms with Gasteiger partial charge in [-0.05, 0) is 37.1 Å². The average Bonchev–Trinajstić information content (AvgIpc) is 3.60.